The molecule has 1 fully saturated rings. The average Bonchev–Trinajstić information content (AvgIpc) is 2.93. The topological polar surface area (TPSA) is 29.3 Å². The van der Waals surface area contributed by atoms with Crippen LogP contribution in [0.4, 0.5) is 0 Å². The summed E-state index contributed by atoms with van der Waals surface area (Å²) in [6.45, 7) is 8.22. The summed E-state index contributed by atoms with van der Waals surface area (Å²) in [5.41, 5.74) is 6.40. The van der Waals surface area contributed by atoms with Crippen LogP contribution in [0.5, 0.6) is 0 Å². The van der Waals surface area contributed by atoms with Gasteiger partial charge < -0.3 is 10.6 Å². The zero-order valence-electron chi connectivity index (χ0n) is 14.1. The van der Waals surface area contributed by atoms with Gasteiger partial charge >= 0.3 is 0 Å². The van der Waals surface area contributed by atoms with Crippen molar-refractivity contribution >= 4 is 11.3 Å². The molecule has 21 heavy (non-hydrogen) atoms. The standard InChI is InChI=1S/C18H32N2S/c1-13(2)15-7-8-18(19)16(11-15)12-20(4)14(3)10-17-6-5-9-21-17/h5-6,9,13-16,18H,7-8,10-12,19H2,1-4H3. The number of hydrogen-bond acceptors (Lipinski definition) is 3. The Kier molecular flexibility index (Phi) is 6.27. The Morgan fingerprint density at radius 1 is 1.33 bits per heavy atom. The lowest BCUT2D eigenvalue weighted by Crippen LogP contribution is -2.45. The van der Waals surface area contributed by atoms with Gasteiger partial charge in [0.2, 0.25) is 0 Å². The molecule has 0 bridgehead atoms. The summed E-state index contributed by atoms with van der Waals surface area (Å²) in [5.74, 6) is 2.34. The van der Waals surface area contributed by atoms with E-state index in [9.17, 15) is 0 Å². The molecule has 1 aliphatic carbocycles. The molecular weight excluding hydrogens is 276 g/mol. The summed E-state index contributed by atoms with van der Waals surface area (Å²) in [7, 11) is 2.27. The minimum atomic E-state index is 0.399. The quantitative estimate of drug-likeness (QED) is 0.860. The molecule has 0 saturated heterocycles. The van der Waals surface area contributed by atoms with E-state index in [1.165, 1.54) is 24.1 Å². The zero-order valence-corrected chi connectivity index (χ0v) is 14.9. The predicted octanol–water partition coefficient (Wildman–Crippen LogP) is 4.01. The Labute approximate surface area is 134 Å². The van der Waals surface area contributed by atoms with Gasteiger partial charge in [0, 0.05) is 23.5 Å². The van der Waals surface area contributed by atoms with Gasteiger partial charge in [-0.25, -0.2) is 0 Å². The molecule has 1 heterocycles. The molecule has 4 atom stereocenters. The summed E-state index contributed by atoms with van der Waals surface area (Å²) in [6, 6.07) is 5.39. The molecule has 1 aromatic heterocycles. The van der Waals surface area contributed by atoms with Crippen LogP contribution in [0.25, 0.3) is 0 Å². The molecule has 120 valence electrons. The molecule has 3 heteroatoms. The second-order valence-electron chi connectivity index (χ2n) is 7.31. The van der Waals surface area contributed by atoms with Crippen molar-refractivity contribution in [2.45, 2.75) is 58.5 Å². The number of nitrogens with zero attached hydrogens (tertiary/aromatic N) is 1. The van der Waals surface area contributed by atoms with E-state index in [1.54, 1.807) is 0 Å². The van der Waals surface area contributed by atoms with E-state index >= 15 is 0 Å². The number of hydrogen-bond donors (Lipinski definition) is 1. The smallest absolute Gasteiger partial charge is 0.0112 e. The maximum Gasteiger partial charge on any atom is 0.0112 e. The number of rotatable bonds is 6. The van der Waals surface area contributed by atoms with E-state index in [0.29, 0.717) is 18.0 Å². The molecule has 1 aliphatic rings. The van der Waals surface area contributed by atoms with Gasteiger partial charge in [-0.05, 0) is 68.9 Å². The van der Waals surface area contributed by atoms with Gasteiger partial charge in [-0.2, -0.15) is 0 Å². The first kappa shape index (κ1) is 17.0. The van der Waals surface area contributed by atoms with Gasteiger partial charge in [0.05, 0.1) is 0 Å². The second-order valence-corrected chi connectivity index (χ2v) is 8.35. The van der Waals surface area contributed by atoms with E-state index < -0.39 is 0 Å². The fourth-order valence-electron chi connectivity index (χ4n) is 3.56. The van der Waals surface area contributed by atoms with Crippen LogP contribution in [0.1, 0.15) is 44.9 Å². The lowest BCUT2D eigenvalue weighted by Gasteiger charge is -2.39. The maximum atomic E-state index is 6.40. The molecule has 0 aliphatic heterocycles. The highest BCUT2D eigenvalue weighted by atomic mass is 32.1. The van der Waals surface area contributed by atoms with Gasteiger partial charge in [-0.3, -0.25) is 0 Å². The zero-order chi connectivity index (χ0) is 15.4. The van der Waals surface area contributed by atoms with Gasteiger partial charge in [0.15, 0.2) is 0 Å². The molecule has 0 amide bonds. The van der Waals surface area contributed by atoms with Gasteiger partial charge in [0.25, 0.3) is 0 Å². The number of thiophene rings is 1. The fourth-order valence-corrected chi connectivity index (χ4v) is 4.39. The fraction of sp³-hybridized carbons (Fsp3) is 0.778. The molecule has 1 aromatic rings. The minimum Gasteiger partial charge on any atom is -0.327 e. The molecule has 0 spiro atoms. The lowest BCUT2D eigenvalue weighted by atomic mass is 9.73. The average molecular weight is 309 g/mol. The summed E-state index contributed by atoms with van der Waals surface area (Å²) in [4.78, 5) is 4.01. The van der Waals surface area contributed by atoms with Crippen molar-refractivity contribution in [1.29, 1.82) is 0 Å². The van der Waals surface area contributed by atoms with Crippen LogP contribution < -0.4 is 5.73 Å². The summed E-state index contributed by atoms with van der Waals surface area (Å²) < 4.78 is 0. The number of nitrogens with two attached hydrogens (primary N) is 1. The minimum absolute atomic E-state index is 0.399. The van der Waals surface area contributed by atoms with Crippen LogP contribution in [0, 0.1) is 17.8 Å². The molecule has 0 aromatic carbocycles. The molecule has 0 radical (unpaired) electrons. The molecule has 2 N–H and O–H groups in total. The van der Waals surface area contributed by atoms with Crippen molar-refractivity contribution in [3.63, 3.8) is 0 Å². The maximum absolute atomic E-state index is 6.40. The Bertz CT molecular complexity index is 401. The van der Waals surface area contributed by atoms with Crippen LogP contribution in [-0.2, 0) is 6.42 Å². The monoisotopic (exact) mass is 308 g/mol. The normalized spacial score (nSPS) is 28.2. The first-order valence-electron chi connectivity index (χ1n) is 8.45. The molecule has 2 nitrogen and oxygen atoms in total. The van der Waals surface area contributed by atoms with Crippen LogP contribution in [0.3, 0.4) is 0 Å². The first-order valence-corrected chi connectivity index (χ1v) is 9.33. The number of likely N-dealkylation sites (N-methyl/N-ethyl adjacent to an activating group) is 1. The Balaban J connectivity index is 1.86. The van der Waals surface area contributed by atoms with E-state index in [1.807, 2.05) is 11.3 Å². The summed E-state index contributed by atoms with van der Waals surface area (Å²) in [6.07, 6.45) is 5.00. The SMILES string of the molecule is CC(C)C1CCC(N)C(CN(C)C(C)Cc2cccs2)C1. The van der Waals surface area contributed by atoms with Gasteiger partial charge in [0.1, 0.15) is 0 Å². The third kappa shape index (κ3) is 4.80. The first-order chi connectivity index (χ1) is 9.97. The lowest BCUT2D eigenvalue weighted by molar-refractivity contribution is 0.132. The molecular formula is C18H32N2S. The van der Waals surface area contributed by atoms with E-state index in [4.69, 9.17) is 5.73 Å². The predicted molar refractivity (Wildman–Crippen MR) is 93.8 cm³/mol. The van der Waals surface area contributed by atoms with Crippen molar-refractivity contribution in [2.75, 3.05) is 13.6 Å². The third-order valence-corrected chi connectivity index (χ3v) is 6.27. The Morgan fingerprint density at radius 2 is 2.10 bits per heavy atom. The Morgan fingerprint density at radius 3 is 2.71 bits per heavy atom. The van der Waals surface area contributed by atoms with E-state index in [0.717, 1.165) is 24.8 Å². The summed E-state index contributed by atoms with van der Waals surface area (Å²) in [5, 5.41) is 2.17. The molecule has 2 rings (SSSR count). The van der Waals surface area contributed by atoms with Crippen LogP contribution >= 0.6 is 11.3 Å². The highest BCUT2D eigenvalue weighted by Crippen LogP contribution is 2.33. The van der Waals surface area contributed by atoms with Crippen molar-refractivity contribution in [2.24, 2.45) is 23.5 Å². The van der Waals surface area contributed by atoms with Gasteiger partial charge in [-0.1, -0.05) is 19.9 Å². The van der Waals surface area contributed by atoms with E-state index in [-0.39, 0.29) is 0 Å². The van der Waals surface area contributed by atoms with Crippen molar-refractivity contribution in [3.8, 4) is 0 Å². The highest BCUT2D eigenvalue weighted by Gasteiger charge is 2.30. The molecule has 4 unspecified atom stereocenters. The van der Waals surface area contributed by atoms with Crippen LogP contribution in [-0.4, -0.2) is 30.6 Å². The van der Waals surface area contributed by atoms with Crippen molar-refractivity contribution < 1.29 is 0 Å². The highest BCUT2D eigenvalue weighted by molar-refractivity contribution is 7.09. The van der Waals surface area contributed by atoms with Crippen LogP contribution in [0.2, 0.25) is 0 Å². The van der Waals surface area contributed by atoms with Crippen LogP contribution in [0.15, 0.2) is 17.5 Å². The Hall–Kier alpha value is -0.380. The van der Waals surface area contributed by atoms with E-state index in [2.05, 4.69) is 50.2 Å². The van der Waals surface area contributed by atoms with Gasteiger partial charge in [-0.15, -0.1) is 11.3 Å². The largest absolute Gasteiger partial charge is 0.327 e. The van der Waals surface area contributed by atoms with Crippen molar-refractivity contribution in [3.05, 3.63) is 22.4 Å². The van der Waals surface area contributed by atoms with Crippen molar-refractivity contribution in [1.82, 2.24) is 4.90 Å². The second kappa shape index (κ2) is 7.75. The molecule has 1 saturated carbocycles. The third-order valence-electron chi connectivity index (χ3n) is 5.38. The summed E-state index contributed by atoms with van der Waals surface area (Å²) >= 11 is 1.87.